The third kappa shape index (κ3) is 3.84. The Kier molecular flexibility index (Phi) is 5.25. The fraction of sp³-hybridized carbons (Fsp3) is 0.294. The van der Waals surface area contributed by atoms with E-state index >= 15 is 0 Å². The third-order valence-corrected chi connectivity index (χ3v) is 3.96. The molecule has 27 heavy (non-hydrogen) atoms. The molecule has 0 spiro atoms. The molecule has 0 saturated heterocycles. The van der Waals surface area contributed by atoms with Gasteiger partial charge in [-0.25, -0.2) is 10.1 Å². The second-order valence-corrected chi connectivity index (χ2v) is 6.02. The van der Waals surface area contributed by atoms with Gasteiger partial charge in [-0.1, -0.05) is 48.4 Å². The molecule has 0 unspecified atom stereocenters. The van der Waals surface area contributed by atoms with Gasteiger partial charge < -0.3 is 5.73 Å². The Morgan fingerprint density at radius 1 is 1.30 bits per heavy atom. The lowest BCUT2D eigenvalue weighted by Gasteiger charge is -2.05. The highest BCUT2D eigenvalue weighted by Gasteiger charge is 2.23. The predicted octanol–water partition coefficient (Wildman–Crippen LogP) is 1.65. The number of carbonyl (C=O) groups is 1. The van der Waals surface area contributed by atoms with E-state index in [1.807, 2.05) is 45.0 Å². The van der Waals surface area contributed by atoms with Crippen LogP contribution in [-0.4, -0.2) is 36.9 Å². The normalized spacial score (nSPS) is 11.6. The molecule has 0 aliphatic heterocycles. The van der Waals surface area contributed by atoms with Crippen LogP contribution in [0.25, 0.3) is 5.82 Å². The maximum absolute atomic E-state index is 12.6. The van der Waals surface area contributed by atoms with Crippen molar-refractivity contribution in [3.05, 3.63) is 46.8 Å². The summed E-state index contributed by atoms with van der Waals surface area (Å²) < 4.78 is 5.96. The molecule has 0 aliphatic rings. The van der Waals surface area contributed by atoms with Crippen LogP contribution in [0.3, 0.4) is 0 Å². The van der Waals surface area contributed by atoms with E-state index in [0.29, 0.717) is 17.8 Å². The smallest absolute Gasteiger partial charge is 0.293 e. The molecule has 0 saturated carbocycles. The molecule has 3 N–H and O–H groups in total. The number of nitrogens with two attached hydrogens (primary N) is 1. The van der Waals surface area contributed by atoms with Crippen LogP contribution in [0.5, 0.6) is 0 Å². The lowest BCUT2D eigenvalue weighted by atomic mass is 10.1. The van der Waals surface area contributed by atoms with Crippen molar-refractivity contribution in [3.8, 4) is 5.82 Å². The molecule has 2 aromatic heterocycles. The van der Waals surface area contributed by atoms with Crippen molar-refractivity contribution in [2.75, 3.05) is 5.73 Å². The molecule has 140 valence electrons. The van der Waals surface area contributed by atoms with Crippen molar-refractivity contribution in [3.63, 3.8) is 0 Å². The predicted molar refractivity (Wildman–Crippen MR) is 98.5 cm³/mol. The average Bonchev–Trinajstić information content (AvgIpc) is 3.26. The van der Waals surface area contributed by atoms with Crippen molar-refractivity contribution < 1.29 is 9.42 Å². The van der Waals surface area contributed by atoms with Gasteiger partial charge in [0.25, 0.3) is 5.91 Å². The summed E-state index contributed by atoms with van der Waals surface area (Å²) in [5.41, 5.74) is 11.7. The Balaban J connectivity index is 1.84. The van der Waals surface area contributed by atoms with Gasteiger partial charge in [-0.15, -0.1) is 5.10 Å². The molecule has 1 amide bonds. The zero-order chi connectivity index (χ0) is 19.4. The molecule has 1 aromatic carbocycles. The highest BCUT2D eigenvalue weighted by atomic mass is 16.6. The SMILES string of the molecule is CCCc1c(C(=O)N/N=C(\C)c2ccc(C)cc2)nnn1-c1nonc1N. The van der Waals surface area contributed by atoms with E-state index in [1.165, 1.54) is 4.68 Å². The van der Waals surface area contributed by atoms with Gasteiger partial charge in [0.1, 0.15) is 0 Å². The standard InChI is InChI=1S/C17H20N8O2/c1-4-5-13-14(20-24-25(13)16-15(18)22-27-23-16)17(26)21-19-11(3)12-8-6-10(2)7-9-12/h6-9H,4-5H2,1-3H3,(H2,18,22)(H,21,26)/b19-11+. The number of benzene rings is 1. The zero-order valence-corrected chi connectivity index (χ0v) is 15.3. The topological polar surface area (TPSA) is 137 Å². The highest BCUT2D eigenvalue weighted by molar-refractivity contribution is 6.00. The van der Waals surface area contributed by atoms with Crippen LogP contribution in [0.1, 0.15) is 47.6 Å². The largest absolute Gasteiger partial charge is 0.378 e. The molecule has 0 fully saturated rings. The number of nitrogens with zero attached hydrogens (tertiary/aromatic N) is 6. The Bertz CT molecular complexity index is 971. The minimum absolute atomic E-state index is 0.0671. The Hall–Kier alpha value is -3.56. The number of carbonyl (C=O) groups excluding carboxylic acids is 1. The summed E-state index contributed by atoms with van der Waals surface area (Å²) >= 11 is 0. The average molecular weight is 368 g/mol. The molecular formula is C17H20N8O2. The van der Waals surface area contributed by atoms with E-state index in [2.05, 4.69) is 35.8 Å². The maximum Gasteiger partial charge on any atom is 0.293 e. The van der Waals surface area contributed by atoms with E-state index in [-0.39, 0.29) is 17.3 Å². The molecule has 0 radical (unpaired) electrons. The number of amides is 1. The Labute approximate surface area is 155 Å². The van der Waals surface area contributed by atoms with E-state index in [1.54, 1.807) is 0 Å². The van der Waals surface area contributed by atoms with Crippen LogP contribution < -0.4 is 11.2 Å². The van der Waals surface area contributed by atoms with Gasteiger partial charge in [-0.05, 0) is 36.1 Å². The molecule has 2 heterocycles. The van der Waals surface area contributed by atoms with Crippen LogP contribution in [-0.2, 0) is 6.42 Å². The number of hydrogen-bond donors (Lipinski definition) is 2. The fourth-order valence-electron chi connectivity index (χ4n) is 2.49. The summed E-state index contributed by atoms with van der Waals surface area (Å²) in [6.07, 6.45) is 1.31. The monoisotopic (exact) mass is 368 g/mol. The lowest BCUT2D eigenvalue weighted by molar-refractivity contribution is 0.0948. The first-order chi connectivity index (χ1) is 13.0. The number of hydrogen-bond acceptors (Lipinski definition) is 8. The van der Waals surface area contributed by atoms with Crippen LogP contribution in [0, 0.1) is 6.92 Å². The van der Waals surface area contributed by atoms with Crippen LogP contribution in [0.4, 0.5) is 5.82 Å². The number of aryl methyl sites for hydroxylation is 1. The summed E-state index contributed by atoms with van der Waals surface area (Å²) in [5, 5.41) is 19.3. The second-order valence-electron chi connectivity index (χ2n) is 6.02. The molecule has 10 heteroatoms. The molecule has 3 aromatic rings. The van der Waals surface area contributed by atoms with Gasteiger partial charge in [0.15, 0.2) is 5.69 Å². The van der Waals surface area contributed by atoms with Crippen molar-refractivity contribution >= 4 is 17.4 Å². The first-order valence-electron chi connectivity index (χ1n) is 8.46. The number of aromatic nitrogens is 5. The summed E-state index contributed by atoms with van der Waals surface area (Å²) in [4.78, 5) is 12.6. The van der Waals surface area contributed by atoms with Crippen molar-refractivity contribution in [1.82, 2.24) is 30.7 Å². The first kappa shape index (κ1) is 18.2. The maximum atomic E-state index is 12.6. The van der Waals surface area contributed by atoms with E-state index in [9.17, 15) is 4.79 Å². The van der Waals surface area contributed by atoms with Gasteiger partial charge in [-0.2, -0.15) is 9.78 Å². The van der Waals surface area contributed by atoms with Gasteiger partial charge in [0, 0.05) is 0 Å². The minimum Gasteiger partial charge on any atom is -0.378 e. The van der Waals surface area contributed by atoms with Gasteiger partial charge >= 0.3 is 0 Å². The summed E-state index contributed by atoms with van der Waals surface area (Å²) in [6, 6.07) is 7.86. The Morgan fingerprint density at radius 2 is 2.04 bits per heavy atom. The van der Waals surface area contributed by atoms with Gasteiger partial charge in [-0.3, -0.25) is 4.79 Å². The lowest BCUT2D eigenvalue weighted by Crippen LogP contribution is -2.21. The van der Waals surface area contributed by atoms with E-state index < -0.39 is 5.91 Å². The molecule has 0 aliphatic carbocycles. The number of anilines is 1. The molecule has 3 rings (SSSR count). The molecule has 0 atom stereocenters. The van der Waals surface area contributed by atoms with Crippen LogP contribution >= 0.6 is 0 Å². The minimum atomic E-state index is -0.466. The van der Waals surface area contributed by atoms with Gasteiger partial charge in [0.05, 0.1) is 11.4 Å². The molecule has 10 nitrogen and oxygen atoms in total. The first-order valence-corrected chi connectivity index (χ1v) is 8.46. The fourth-order valence-corrected chi connectivity index (χ4v) is 2.49. The van der Waals surface area contributed by atoms with Crippen molar-refractivity contribution in [2.45, 2.75) is 33.6 Å². The van der Waals surface area contributed by atoms with Crippen molar-refractivity contribution in [1.29, 1.82) is 0 Å². The second kappa shape index (κ2) is 7.77. The summed E-state index contributed by atoms with van der Waals surface area (Å²) in [5.74, 6) is -0.201. The van der Waals surface area contributed by atoms with Gasteiger partial charge in [0.2, 0.25) is 11.6 Å². The van der Waals surface area contributed by atoms with E-state index in [4.69, 9.17) is 5.73 Å². The summed E-state index contributed by atoms with van der Waals surface area (Å²) in [7, 11) is 0. The Morgan fingerprint density at radius 3 is 2.67 bits per heavy atom. The van der Waals surface area contributed by atoms with E-state index in [0.717, 1.165) is 17.5 Å². The number of nitrogens with one attached hydrogen (secondary N) is 1. The molecule has 0 bridgehead atoms. The quantitative estimate of drug-likeness (QED) is 0.498. The number of rotatable bonds is 6. The van der Waals surface area contributed by atoms with Crippen LogP contribution in [0.2, 0.25) is 0 Å². The summed E-state index contributed by atoms with van der Waals surface area (Å²) in [6.45, 7) is 5.80. The molecular weight excluding hydrogens is 348 g/mol. The number of nitrogen functional groups attached to an aromatic ring is 1. The zero-order valence-electron chi connectivity index (χ0n) is 15.3. The van der Waals surface area contributed by atoms with Crippen LogP contribution in [0.15, 0.2) is 34.0 Å². The van der Waals surface area contributed by atoms with Crippen molar-refractivity contribution in [2.24, 2.45) is 5.10 Å². The third-order valence-electron chi connectivity index (χ3n) is 3.96. The highest BCUT2D eigenvalue weighted by Crippen LogP contribution is 2.17. The number of hydrazone groups is 1.